The summed E-state index contributed by atoms with van der Waals surface area (Å²) >= 11 is 0. The Morgan fingerprint density at radius 2 is 1.70 bits per heavy atom. The summed E-state index contributed by atoms with van der Waals surface area (Å²) < 4.78 is 11.5. The fraction of sp³-hybridized carbons (Fsp3) is 0.259. The van der Waals surface area contributed by atoms with E-state index in [4.69, 9.17) is 9.47 Å². The van der Waals surface area contributed by atoms with Crippen LogP contribution < -0.4 is 14.8 Å². The lowest BCUT2D eigenvalue weighted by Crippen LogP contribution is -2.31. The summed E-state index contributed by atoms with van der Waals surface area (Å²) in [6.07, 6.45) is 1.83. The van der Waals surface area contributed by atoms with Crippen LogP contribution >= 0.6 is 0 Å². The van der Waals surface area contributed by atoms with Crippen LogP contribution in [0.25, 0.3) is 0 Å². The van der Waals surface area contributed by atoms with Gasteiger partial charge in [-0.1, -0.05) is 60.7 Å². The molecule has 4 rings (SSSR count). The zero-order chi connectivity index (χ0) is 23.2. The van der Waals surface area contributed by atoms with Gasteiger partial charge in [0.05, 0.1) is 24.4 Å². The largest absolute Gasteiger partial charge is 0.493 e. The molecule has 1 atom stereocenters. The Labute approximate surface area is 194 Å². The second-order valence-electron chi connectivity index (χ2n) is 8.07. The molecule has 1 saturated heterocycles. The van der Waals surface area contributed by atoms with Gasteiger partial charge in [0.15, 0.2) is 11.5 Å². The minimum Gasteiger partial charge on any atom is -0.493 e. The van der Waals surface area contributed by atoms with Crippen molar-refractivity contribution in [3.05, 3.63) is 89.5 Å². The van der Waals surface area contributed by atoms with Crippen LogP contribution in [0.5, 0.6) is 11.5 Å². The van der Waals surface area contributed by atoms with E-state index < -0.39 is 0 Å². The fourth-order valence-corrected chi connectivity index (χ4v) is 4.22. The molecule has 1 fully saturated rings. The number of carbonyl (C=O) groups excluding carboxylic acids is 2. The number of hydrogen-bond donors (Lipinski definition) is 1. The maximum atomic E-state index is 13.7. The van der Waals surface area contributed by atoms with Gasteiger partial charge in [-0.3, -0.25) is 9.59 Å². The molecule has 1 heterocycles. The van der Waals surface area contributed by atoms with Crippen LogP contribution in [-0.4, -0.2) is 30.4 Å². The molecule has 6 nitrogen and oxygen atoms in total. The number of hydrogen-bond acceptors (Lipinski definition) is 4. The highest BCUT2D eigenvalue weighted by Gasteiger charge is 2.32. The number of nitrogens with zero attached hydrogens (tertiary/aromatic N) is 1. The summed E-state index contributed by atoms with van der Waals surface area (Å²) in [5, 5.41) is 2.80. The number of methoxy groups -OCH3 is 1. The quantitative estimate of drug-likeness (QED) is 0.543. The molecule has 0 aliphatic carbocycles. The molecule has 6 heteroatoms. The van der Waals surface area contributed by atoms with Crippen molar-refractivity contribution in [2.75, 3.05) is 19.0 Å². The molecule has 1 N–H and O–H groups in total. The number of carbonyl (C=O) groups is 2. The molecule has 3 aromatic carbocycles. The topological polar surface area (TPSA) is 67.9 Å². The minimum absolute atomic E-state index is 0.00359. The highest BCUT2D eigenvalue weighted by molar-refractivity contribution is 6.04. The number of anilines is 1. The number of likely N-dealkylation sites (tertiary alicyclic amines) is 1. The maximum absolute atomic E-state index is 13.7. The maximum Gasteiger partial charge on any atom is 0.256 e. The number of amides is 2. The Bertz CT molecular complexity index is 1120. The molecule has 2 amide bonds. The van der Waals surface area contributed by atoms with Crippen molar-refractivity contribution in [3.63, 3.8) is 0 Å². The van der Waals surface area contributed by atoms with Crippen LogP contribution in [0.1, 0.15) is 47.3 Å². The van der Waals surface area contributed by atoms with Crippen molar-refractivity contribution < 1.29 is 19.1 Å². The van der Waals surface area contributed by atoms with Gasteiger partial charge in [0.1, 0.15) is 6.61 Å². The van der Waals surface area contributed by atoms with Gasteiger partial charge in [0.2, 0.25) is 5.91 Å². The van der Waals surface area contributed by atoms with Gasteiger partial charge in [-0.25, -0.2) is 0 Å². The van der Waals surface area contributed by atoms with Crippen molar-refractivity contribution in [1.29, 1.82) is 0 Å². The first-order valence-electron chi connectivity index (χ1n) is 11.1. The van der Waals surface area contributed by atoms with Crippen LogP contribution in [0.3, 0.4) is 0 Å². The van der Waals surface area contributed by atoms with E-state index in [9.17, 15) is 9.59 Å². The number of benzene rings is 3. The molecular formula is C27H28N2O4. The molecule has 170 valence electrons. The predicted octanol–water partition coefficient (Wildman–Crippen LogP) is 5.21. The number of ether oxygens (including phenoxy) is 2. The van der Waals surface area contributed by atoms with E-state index in [1.165, 1.54) is 6.92 Å². The van der Waals surface area contributed by atoms with Gasteiger partial charge < -0.3 is 19.7 Å². The third kappa shape index (κ3) is 5.17. The lowest BCUT2D eigenvalue weighted by molar-refractivity contribution is -0.114. The van der Waals surface area contributed by atoms with Crippen molar-refractivity contribution in [1.82, 2.24) is 4.90 Å². The van der Waals surface area contributed by atoms with Gasteiger partial charge in [-0.2, -0.15) is 0 Å². The van der Waals surface area contributed by atoms with Crippen LogP contribution in [-0.2, 0) is 11.4 Å². The molecule has 1 aliphatic rings. The monoisotopic (exact) mass is 444 g/mol. The highest BCUT2D eigenvalue weighted by atomic mass is 16.5. The van der Waals surface area contributed by atoms with Crippen LogP contribution in [0, 0.1) is 0 Å². The summed E-state index contributed by atoms with van der Waals surface area (Å²) in [4.78, 5) is 27.5. The standard InChI is InChI=1S/C27H28N2O4/c1-19(30)28-23-17-26(33-18-20-10-5-3-6-11-20)25(32-2)16-22(23)27(31)29-15-9-14-24(29)21-12-7-4-8-13-21/h3-8,10-13,16-17,24H,9,14-15,18H2,1-2H3,(H,28,30). The molecule has 0 aromatic heterocycles. The van der Waals surface area contributed by atoms with Crippen molar-refractivity contribution in [3.8, 4) is 11.5 Å². The third-order valence-electron chi connectivity index (χ3n) is 5.78. The summed E-state index contributed by atoms with van der Waals surface area (Å²) in [6.45, 7) is 2.42. The first-order chi connectivity index (χ1) is 16.1. The lowest BCUT2D eigenvalue weighted by atomic mass is 10.0. The van der Waals surface area contributed by atoms with E-state index in [-0.39, 0.29) is 17.9 Å². The smallest absolute Gasteiger partial charge is 0.256 e. The Hall–Kier alpha value is -3.80. The SMILES string of the molecule is COc1cc(C(=O)N2CCCC2c2ccccc2)c(NC(C)=O)cc1OCc1ccccc1. The number of nitrogens with one attached hydrogen (secondary N) is 1. The summed E-state index contributed by atoms with van der Waals surface area (Å²) in [5.74, 6) is 0.504. The summed E-state index contributed by atoms with van der Waals surface area (Å²) in [6, 6.07) is 23.1. The molecule has 1 aliphatic heterocycles. The Morgan fingerprint density at radius 1 is 1.00 bits per heavy atom. The molecule has 0 saturated carbocycles. The Morgan fingerprint density at radius 3 is 2.36 bits per heavy atom. The van der Waals surface area contributed by atoms with Gasteiger partial charge in [0, 0.05) is 19.5 Å². The zero-order valence-corrected chi connectivity index (χ0v) is 18.9. The molecular weight excluding hydrogens is 416 g/mol. The molecule has 0 spiro atoms. The molecule has 0 radical (unpaired) electrons. The normalized spacial score (nSPS) is 15.2. The first kappa shape index (κ1) is 22.4. The van der Waals surface area contributed by atoms with Gasteiger partial charge in [-0.15, -0.1) is 0 Å². The van der Waals surface area contributed by atoms with E-state index in [0.29, 0.717) is 35.9 Å². The second kappa shape index (κ2) is 10.2. The first-order valence-corrected chi connectivity index (χ1v) is 11.1. The van der Waals surface area contributed by atoms with Gasteiger partial charge in [0.25, 0.3) is 5.91 Å². The number of rotatable bonds is 7. The van der Waals surface area contributed by atoms with E-state index in [1.807, 2.05) is 65.6 Å². The summed E-state index contributed by atoms with van der Waals surface area (Å²) in [7, 11) is 1.54. The molecule has 33 heavy (non-hydrogen) atoms. The van der Waals surface area contributed by atoms with E-state index in [0.717, 1.165) is 24.0 Å². The Balaban J connectivity index is 1.66. The molecule has 3 aromatic rings. The van der Waals surface area contributed by atoms with Crippen molar-refractivity contribution in [2.24, 2.45) is 0 Å². The van der Waals surface area contributed by atoms with Crippen molar-refractivity contribution in [2.45, 2.75) is 32.4 Å². The van der Waals surface area contributed by atoms with E-state index in [2.05, 4.69) is 5.32 Å². The third-order valence-corrected chi connectivity index (χ3v) is 5.78. The van der Waals surface area contributed by atoms with Gasteiger partial charge in [-0.05, 0) is 30.0 Å². The van der Waals surface area contributed by atoms with Crippen LogP contribution in [0.2, 0.25) is 0 Å². The minimum atomic E-state index is -0.260. The lowest BCUT2D eigenvalue weighted by Gasteiger charge is -2.26. The second-order valence-corrected chi connectivity index (χ2v) is 8.07. The van der Waals surface area contributed by atoms with Gasteiger partial charge >= 0.3 is 0 Å². The average molecular weight is 445 g/mol. The van der Waals surface area contributed by atoms with Crippen molar-refractivity contribution >= 4 is 17.5 Å². The summed E-state index contributed by atoms with van der Waals surface area (Å²) in [5.41, 5.74) is 2.91. The molecule has 0 bridgehead atoms. The Kier molecular flexibility index (Phi) is 6.93. The zero-order valence-electron chi connectivity index (χ0n) is 18.9. The van der Waals surface area contributed by atoms with Crippen LogP contribution in [0.15, 0.2) is 72.8 Å². The average Bonchev–Trinajstić information content (AvgIpc) is 3.33. The molecule has 1 unspecified atom stereocenters. The van der Waals surface area contributed by atoms with Crippen LogP contribution in [0.4, 0.5) is 5.69 Å². The highest BCUT2D eigenvalue weighted by Crippen LogP contribution is 2.38. The van der Waals surface area contributed by atoms with E-state index in [1.54, 1.807) is 19.2 Å². The predicted molar refractivity (Wildman–Crippen MR) is 128 cm³/mol. The van der Waals surface area contributed by atoms with E-state index >= 15 is 0 Å². The fourth-order valence-electron chi connectivity index (χ4n) is 4.22.